The monoisotopic (exact) mass is 396 g/mol. The second kappa shape index (κ2) is 8.76. The van der Waals surface area contributed by atoms with E-state index in [4.69, 9.17) is 4.74 Å². The van der Waals surface area contributed by atoms with Gasteiger partial charge in [-0.05, 0) is 79.1 Å². The molecule has 2 nitrogen and oxygen atoms in total. The molecule has 0 bridgehead atoms. The van der Waals surface area contributed by atoms with Crippen LogP contribution in [0.4, 0.5) is 17.6 Å². The van der Waals surface area contributed by atoms with E-state index in [0.29, 0.717) is 17.5 Å². The first-order chi connectivity index (χ1) is 13.1. The zero-order valence-electron chi connectivity index (χ0n) is 16.5. The van der Waals surface area contributed by atoms with Crippen LogP contribution in [0.25, 0.3) is 11.1 Å². The summed E-state index contributed by atoms with van der Waals surface area (Å²) >= 11 is 0. The number of hydrogen-bond donors (Lipinski definition) is 0. The first kappa shape index (κ1) is 21.9. The summed E-state index contributed by atoms with van der Waals surface area (Å²) in [5, 5.41) is 0. The summed E-state index contributed by atoms with van der Waals surface area (Å²) in [6.07, 6.45) is -4.53. The number of ether oxygens (including phenoxy) is 1. The zero-order chi connectivity index (χ0) is 21.1. The lowest BCUT2D eigenvalue weighted by atomic mass is 9.89. The molecule has 0 heterocycles. The highest BCUT2D eigenvalue weighted by Gasteiger charge is 2.36. The number of esters is 1. The molecule has 2 aromatic rings. The molecule has 0 atom stereocenters. The summed E-state index contributed by atoms with van der Waals surface area (Å²) in [6, 6.07) is 5.98. The number of hydrogen-bond acceptors (Lipinski definition) is 2. The van der Waals surface area contributed by atoms with Gasteiger partial charge in [-0.3, -0.25) is 4.79 Å². The molecule has 28 heavy (non-hydrogen) atoms. The summed E-state index contributed by atoms with van der Waals surface area (Å²) in [5.74, 6) is -1.88. The van der Waals surface area contributed by atoms with Crippen LogP contribution in [0.2, 0.25) is 0 Å². The van der Waals surface area contributed by atoms with Crippen molar-refractivity contribution in [3.63, 3.8) is 0 Å². The lowest BCUT2D eigenvalue weighted by molar-refractivity contribution is -0.143. The highest BCUT2D eigenvalue weighted by atomic mass is 19.4. The van der Waals surface area contributed by atoms with Gasteiger partial charge in [0.15, 0.2) is 0 Å². The van der Waals surface area contributed by atoms with Crippen LogP contribution in [0.1, 0.15) is 47.6 Å². The molecule has 0 amide bonds. The number of halogens is 4. The van der Waals surface area contributed by atoms with Gasteiger partial charge in [-0.15, -0.1) is 0 Å². The lowest BCUT2D eigenvalue weighted by Gasteiger charge is -2.18. The molecule has 0 fully saturated rings. The minimum atomic E-state index is -4.83. The average Bonchev–Trinajstić information content (AvgIpc) is 2.62. The molecule has 0 saturated heterocycles. The van der Waals surface area contributed by atoms with E-state index in [0.717, 1.165) is 22.8 Å². The summed E-state index contributed by atoms with van der Waals surface area (Å²) in [5.41, 5.74) is 2.07. The van der Waals surface area contributed by atoms with Crippen molar-refractivity contribution in [3.05, 3.63) is 57.9 Å². The van der Waals surface area contributed by atoms with Gasteiger partial charge in [0.1, 0.15) is 5.82 Å². The lowest BCUT2D eigenvalue weighted by Crippen LogP contribution is -2.12. The summed E-state index contributed by atoms with van der Waals surface area (Å²) in [6.45, 7) is 7.57. The van der Waals surface area contributed by atoms with Crippen molar-refractivity contribution < 1.29 is 27.1 Å². The van der Waals surface area contributed by atoms with Gasteiger partial charge in [0.2, 0.25) is 0 Å². The van der Waals surface area contributed by atoms with Gasteiger partial charge in [0, 0.05) is 6.42 Å². The molecule has 0 saturated carbocycles. The Morgan fingerprint density at radius 1 is 1.07 bits per heavy atom. The van der Waals surface area contributed by atoms with Gasteiger partial charge in [-0.1, -0.05) is 19.1 Å². The van der Waals surface area contributed by atoms with Crippen LogP contribution >= 0.6 is 0 Å². The third-order valence-corrected chi connectivity index (χ3v) is 4.75. The molecule has 0 aliphatic carbocycles. The van der Waals surface area contributed by atoms with Gasteiger partial charge >= 0.3 is 12.1 Å². The smallest absolute Gasteiger partial charge is 0.419 e. The largest absolute Gasteiger partial charge is 0.466 e. The molecule has 0 aliphatic heterocycles. The highest BCUT2D eigenvalue weighted by molar-refractivity contribution is 5.74. The normalized spacial score (nSPS) is 11.6. The van der Waals surface area contributed by atoms with Gasteiger partial charge in [0.05, 0.1) is 12.2 Å². The number of rotatable bonds is 6. The number of aryl methyl sites for hydroxylation is 3. The Morgan fingerprint density at radius 2 is 1.71 bits per heavy atom. The Hall–Kier alpha value is -2.37. The Kier molecular flexibility index (Phi) is 6.86. The maximum absolute atomic E-state index is 14.6. The Labute approximate surface area is 162 Å². The predicted molar refractivity (Wildman–Crippen MR) is 101 cm³/mol. The molecule has 0 aliphatic rings. The second-order valence-electron chi connectivity index (χ2n) is 6.91. The van der Waals surface area contributed by atoms with Crippen molar-refractivity contribution in [2.24, 2.45) is 0 Å². The van der Waals surface area contributed by atoms with E-state index >= 15 is 0 Å². The molecule has 0 radical (unpaired) electrons. The number of carbonyl (C=O) groups is 1. The second-order valence-corrected chi connectivity index (χ2v) is 6.91. The first-order valence-electron chi connectivity index (χ1n) is 9.18. The van der Waals surface area contributed by atoms with Crippen LogP contribution < -0.4 is 0 Å². The molecule has 2 rings (SSSR count). The van der Waals surface area contributed by atoms with Gasteiger partial charge in [-0.25, -0.2) is 4.39 Å². The minimum absolute atomic E-state index is 0.140. The fraction of sp³-hybridized carbons (Fsp3) is 0.409. The van der Waals surface area contributed by atoms with Crippen LogP contribution in [0.5, 0.6) is 0 Å². The fourth-order valence-corrected chi connectivity index (χ4v) is 3.14. The third-order valence-electron chi connectivity index (χ3n) is 4.75. The highest BCUT2D eigenvalue weighted by Crippen LogP contribution is 2.38. The van der Waals surface area contributed by atoms with Gasteiger partial charge in [0.25, 0.3) is 0 Å². The molecule has 0 unspecified atom stereocenters. The maximum Gasteiger partial charge on any atom is 0.419 e. The van der Waals surface area contributed by atoms with Crippen molar-refractivity contribution in [3.8, 4) is 11.1 Å². The summed E-state index contributed by atoms with van der Waals surface area (Å²) in [7, 11) is 0. The van der Waals surface area contributed by atoms with Crippen molar-refractivity contribution in [1.82, 2.24) is 0 Å². The molecule has 6 heteroatoms. The maximum atomic E-state index is 14.6. The molecular formula is C22H24F4O2. The standard InChI is InChI=1S/C22H24F4O2/c1-5-10-28-19(27)9-8-16-11-17(12-18(21(16)23)22(24,25)26)20-14(3)7-6-13(2)15(20)4/h6-7,11-12H,5,8-10H2,1-4H3. The van der Waals surface area contributed by atoms with Gasteiger partial charge < -0.3 is 4.74 Å². The number of benzene rings is 2. The van der Waals surface area contributed by atoms with E-state index in [1.807, 2.05) is 32.9 Å². The topological polar surface area (TPSA) is 26.3 Å². The Balaban J connectivity index is 2.54. The van der Waals surface area contributed by atoms with E-state index < -0.39 is 23.5 Å². The first-order valence-corrected chi connectivity index (χ1v) is 9.18. The van der Waals surface area contributed by atoms with E-state index in [1.54, 1.807) is 6.92 Å². The van der Waals surface area contributed by atoms with E-state index in [-0.39, 0.29) is 25.0 Å². The van der Waals surface area contributed by atoms with Crippen molar-refractivity contribution in [2.45, 2.75) is 53.1 Å². The minimum Gasteiger partial charge on any atom is -0.466 e. The van der Waals surface area contributed by atoms with Crippen LogP contribution in [0, 0.1) is 26.6 Å². The van der Waals surface area contributed by atoms with E-state index in [1.165, 1.54) is 6.07 Å². The SMILES string of the molecule is CCCOC(=O)CCc1cc(-c2c(C)ccc(C)c2C)cc(C(F)(F)F)c1F. The number of alkyl halides is 3. The zero-order valence-corrected chi connectivity index (χ0v) is 16.5. The molecule has 2 aromatic carbocycles. The van der Waals surface area contributed by atoms with E-state index in [2.05, 4.69) is 0 Å². The predicted octanol–water partition coefficient (Wildman–Crippen LogP) is 6.32. The summed E-state index contributed by atoms with van der Waals surface area (Å²) < 4.78 is 59.8. The Bertz CT molecular complexity index is 870. The van der Waals surface area contributed by atoms with E-state index in [9.17, 15) is 22.4 Å². The molecule has 152 valence electrons. The Morgan fingerprint density at radius 3 is 2.32 bits per heavy atom. The molecule has 0 N–H and O–H groups in total. The molecule has 0 aromatic heterocycles. The van der Waals surface area contributed by atoms with Crippen molar-refractivity contribution >= 4 is 5.97 Å². The third kappa shape index (κ3) is 4.91. The van der Waals surface area contributed by atoms with Crippen molar-refractivity contribution in [2.75, 3.05) is 6.61 Å². The molecular weight excluding hydrogens is 372 g/mol. The van der Waals surface area contributed by atoms with Crippen LogP contribution in [0.3, 0.4) is 0 Å². The number of carbonyl (C=O) groups excluding carboxylic acids is 1. The average molecular weight is 396 g/mol. The summed E-state index contributed by atoms with van der Waals surface area (Å²) in [4.78, 5) is 11.7. The van der Waals surface area contributed by atoms with Crippen LogP contribution in [0.15, 0.2) is 24.3 Å². The van der Waals surface area contributed by atoms with Crippen LogP contribution in [-0.2, 0) is 22.1 Å². The fourth-order valence-electron chi connectivity index (χ4n) is 3.14. The van der Waals surface area contributed by atoms with Gasteiger partial charge in [-0.2, -0.15) is 13.2 Å². The van der Waals surface area contributed by atoms with Crippen molar-refractivity contribution in [1.29, 1.82) is 0 Å². The molecule has 0 spiro atoms. The quantitative estimate of drug-likeness (QED) is 0.422. The van der Waals surface area contributed by atoms with Crippen LogP contribution in [-0.4, -0.2) is 12.6 Å².